The second-order valence-electron chi connectivity index (χ2n) is 7.46. The number of hydrogen-bond donors (Lipinski definition) is 0. The first kappa shape index (κ1) is 33.8. The molecule has 31 heavy (non-hydrogen) atoms. The Bertz CT molecular complexity index is 689. The Morgan fingerprint density at radius 1 is 0.774 bits per heavy atom. The zero-order valence-corrected chi connectivity index (χ0v) is 19.0. The fourth-order valence-electron chi connectivity index (χ4n) is 3.73. The van der Waals surface area contributed by atoms with Gasteiger partial charge in [-0.2, -0.15) is 0 Å². The highest BCUT2D eigenvalue weighted by Gasteiger charge is 2.16. The summed E-state index contributed by atoms with van der Waals surface area (Å²) in [5.41, 5.74) is 3.04. The second kappa shape index (κ2) is 18.9. The minimum absolute atomic E-state index is 0. The average molecular weight is 465 g/mol. The zero-order chi connectivity index (χ0) is 18.0. The van der Waals surface area contributed by atoms with E-state index in [1.165, 1.54) is 78.7 Å². The molecule has 0 spiro atoms. The van der Waals surface area contributed by atoms with E-state index in [1.807, 2.05) is 11.8 Å². The fraction of sp³-hybridized carbons (Fsp3) is 0.440. The minimum atomic E-state index is 0. The van der Waals surface area contributed by atoms with Crippen LogP contribution in [0.15, 0.2) is 70.5 Å². The summed E-state index contributed by atoms with van der Waals surface area (Å²) in [6.45, 7) is 2.28. The molecule has 178 valence electrons. The molecular formula is C25H37F5S. The van der Waals surface area contributed by atoms with Crippen molar-refractivity contribution >= 4 is 11.8 Å². The van der Waals surface area contributed by atoms with E-state index in [2.05, 4.69) is 67.6 Å². The first-order valence-electron chi connectivity index (χ1n) is 10.4. The topological polar surface area (TPSA) is 0 Å². The summed E-state index contributed by atoms with van der Waals surface area (Å²) in [6.07, 6.45) is 14.2. The molecule has 1 aliphatic rings. The molecule has 2 aromatic rings. The number of benzene rings is 2. The van der Waals surface area contributed by atoms with Crippen LogP contribution in [-0.2, 0) is 6.42 Å². The van der Waals surface area contributed by atoms with Crippen molar-refractivity contribution in [2.75, 3.05) is 0 Å². The molecule has 3 rings (SSSR count). The Morgan fingerprint density at radius 2 is 1.42 bits per heavy atom. The molecular weight excluding hydrogens is 427 g/mol. The third-order valence-corrected chi connectivity index (χ3v) is 6.52. The summed E-state index contributed by atoms with van der Waals surface area (Å²) in [4.78, 5) is 2.90. The Kier molecular flexibility index (Phi) is 20.6. The molecule has 6 heteroatoms. The standard InChI is InChI=1S/C25H32S.5FH/c1-2-3-4-5-7-10-21-13-15-22(16-14-21)23-17-19-25(20-18-23)26-24-11-8-6-9-12-24;;;;;/h6,8-9,11-16,19,23H,2-5,7,10,17-18,20H2,1H3;5*1H. The zero-order valence-electron chi connectivity index (χ0n) is 18.2. The summed E-state index contributed by atoms with van der Waals surface area (Å²) >= 11 is 1.94. The molecule has 0 nitrogen and oxygen atoms in total. The Morgan fingerprint density at radius 3 is 2.00 bits per heavy atom. The Labute approximate surface area is 187 Å². The highest BCUT2D eigenvalue weighted by molar-refractivity contribution is 8.03. The van der Waals surface area contributed by atoms with Crippen molar-refractivity contribution in [2.24, 2.45) is 0 Å². The van der Waals surface area contributed by atoms with Crippen LogP contribution >= 0.6 is 11.8 Å². The number of aryl methyl sites for hydroxylation is 1. The lowest BCUT2D eigenvalue weighted by Crippen LogP contribution is -2.03. The van der Waals surface area contributed by atoms with Crippen LogP contribution in [0.25, 0.3) is 0 Å². The summed E-state index contributed by atoms with van der Waals surface area (Å²) in [6, 6.07) is 20.3. The lowest BCUT2D eigenvalue weighted by atomic mass is 9.87. The van der Waals surface area contributed by atoms with Gasteiger partial charge in [0, 0.05) is 4.90 Å². The Balaban J connectivity index is -0.00000157. The third kappa shape index (κ3) is 11.4. The second-order valence-corrected chi connectivity index (χ2v) is 8.66. The van der Waals surface area contributed by atoms with Crippen LogP contribution in [-0.4, -0.2) is 0 Å². The van der Waals surface area contributed by atoms with E-state index in [4.69, 9.17) is 0 Å². The number of rotatable bonds is 9. The van der Waals surface area contributed by atoms with Gasteiger partial charge < -0.3 is 0 Å². The van der Waals surface area contributed by atoms with Gasteiger partial charge in [-0.15, -0.1) is 0 Å². The molecule has 0 fully saturated rings. The number of allylic oxidation sites excluding steroid dienone is 2. The van der Waals surface area contributed by atoms with Crippen LogP contribution in [0.1, 0.15) is 75.3 Å². The minimum Gasteiger partial charge on any atom is -0.269 e. The lowest BCUT2D eigenvalue weighted by molar-refractivity contribution is 0.611. The van der Waals surface area contributed by atoms with Crippen molar-refractivity contribution in [1.82, 2.24) is 0 Å². The smallest absolute Gasteiger partial charge is 0.0118 e. The molecule has 0 heterocycles. The van der Waals surface area contributed by atoms with Gasteiger partial charge in [-0.25, -0.2) is 0 Å². The average Bonchev–Trinajstić information content (AvgIpc) is 2.70. The largest absolute Gasteiger partial charge is 0.269 e. The Hall–Kier alpha value is -1.82. The van der Waals surface area contributed by atoms with Crippen LogP contribution in [0.3, 0.4) is 0 Å². The van der Waals surface area contributed by atoms with Crippen molar-refractivity contribution in [1.29, 1.82) is 0 Å². The van der Waals surface area contributed by atoms with Crippen LogP contribution in [0.5, 0.6) is 0 Å². The van der Waals surface area contributed by atoms with Crippen molar-refractivity contribution in [3.63, 3.8) is 0 Å². The van der Waals surface area contributed by atoms with E-state index in [0.717, 1.165) is 0 Å². The molecule has 0 saturated heterocycles. The highest BCUT2D eigenvalue weighted by atomic mass is 32.2. The molecule has 0 radical (unpaired) electrons. The van der Waals surface area contributed by atoms with E-state index in [-0.39, 0.29) is 23.5 Å². The summed E-state index contributed by atoms with van der Waals surface area (Å²) in [7, 11) is 0. The molecule has 1 unspecified atom stereocenters. The van der Waals surface area contributed by atoms with Crippen LogP contribution < -0.4 is 0 Å². The van der Waals surface area contributed by atoms with Gasteiger partial charge in [0.1, 0.15) is 0 Å². The van der Waals surface area contributed by atoms with Gasteiger partial charge in [0.15, 0.2) is 0 Å². The van der Waals surface area contributed by atoms with Gasteiger partial charge in [-0.3, -0.25) is 23.5 Å². The van der Waals surface area contributed by atoms with E-state index >= 15 is 0 Å². The highest BCUT2D eigenvalue weighted by Crippen LogP contribution is 2.39. The summed E-state index contributed by atoms with van der Waals surface area (Å²) in [5.74, 6) is 0.703. The van der Waals surface area contributed by atoms with Gasteiger partial charge in [-0.1, -0.05) is 92.9 Å². The summed E-state index contributed by atoms with van der Waals surface area (Å²) in [5, 5.41) is 0. The van der Waals surface area contributed by atoms with Crippen molar-refractivity contribution < 1.29 is 23.5 Å². The molecule has 0 aliphatic heterocycles. The van der Waals surface area contributed by atoms with E-state index < -0.39 is 0 Å². The van der Waals surface area contributed by atoms with Crippen molar-refractivity contribution in [3.05, 3.63) is 76.7 Å². The maximum absolute atomic E-state index is 2.47. The fourth-order valence-corrected chi connectivity index (χ4v) is 4.73. The molecule has 0 saturated carbocycles. The lowest BCUT2D eigenvalue weighted by Gasteiger charge is -2.22. The van der Waals surface area contributed by atoms with Gasteiger partial charge >= 0.3 is 0 Å². The maximum Gasteiger partial charge on any atom is 0.0118 e. The third-order valence-electron chi connectivity index (χ3n) is 5.38. The molecule has 1 aliphatic carbocycles. The molecule has 0 amide bonds. The predicted molar refractivity (Wildman–Crippen MR) is 128 cm³/mol. The van der Waals surface area contributed by atoms with Gasteiger partial charge in [-0.05, 0) is 66.2 Å². The van der Waals surface area contributed by atoms with Crippen molar-refractivity contribution in [2.45, 2.75) is 75.5 Å². The van der Waals surface area contributed by atoms with Gasteiger partial charge in [0.2, 0.25) is 0 Å². The first-order valence-corrected chi connectivity index (χ1v) is 11.2. The molecule has 1 atom stereocenters. The maximum atomic E-state index is 2.47. The van der Waals surface area contributed by atoms with Crippen LogP contribution in [0, 0.1) is 0 Å². The van der Waals surface area contributed by atoms with E-state index in [0.29, 0.717) is 5.92 Å². The van der Waals surface area contributed by atoms with E-state index in [1.54, 1.807) is 0 Å². The SMILES string of the molecule is CCCCCCCc1ccc(C2CC=C(Sc3ccccc3)CC2)cc1.F.F.F.F.F. The first-order chi connectivity index (χ1) is 12.8. The van der Waals surface area contributed by atoms with Gasteiger partial charge in [0.25, 0.3) is 0 Å². The number of thioether (sulfide) groups is 1. The quantitative estimate of drug-likeness (QED) is 0.264. The molecule has 0 bridgehead atoms. The van der Waals surface area contributed by atoms with Gasteiger partial charge in [0.05, 0.1) is 0 Å². The normalized spacial score (nSPS) is 14.4. The monoisotopic (exact) mass is 464 g/mol. The number of halogens is 5. The predicted octanol–water partition coefficient (Wildman–Crippen LogP) is 8.91. The number of unbranched alkanes of at least 4 members (excludes halogenated alkanes) is 4. The summed E-state index contributed by atoms with van der Waals surface area (Å²) < 4.78 is 0. The molecule has 2 aromatic carbocycles. The van der Waals surface area contributed by atoms with Crippen LogP contribution in [0.2, 0.25) is 0 Å². The van der Waals surface area contributed by atoms with Crippen molar-refractivity contribution in [3.8, 4) is 0 Å². The number of hydrogen-bond acceptors (Lipinski definition) is 1. The van der Waals surface area contributed by atoms with E-state index in [9.17, 15) is 0 Å². The molecule has 0 aromatic heterocycles. The van der Waals surface area contributed by atoms with Crippen LogP contribution in [0.4, 0.5) is 23.5 Å². The molecule has 0 N–H and O–H groups in total.